The molecule has 0 aliphatic carbocycles. The molecule has 0 atom stereocenters. The number of benzene rings is 1. The van der Waals surface area contributed by atoms with Crippen LogP contribution in [0.4, 0.5) is 0 Å². The van der Waals surface area contributed by atoms with E-state index in [1.165, 1.54) is 17.5 Å². The van der Waals surface area contributed by atoms with E-state index < -0.39 is 0 Å². The molecule has 0 radical (unpaired) electrons. The Balaban J connectivity index is 1.91. The number of nitrogens with one attached hydrogen (secondary N) is 1. The average Bonchev–Trinajstić information content (AvgIpc) is 2.84. The number of methoxy groups -OCH3 is 1. The van der Waals surface area contributed by atoms with E-state index in [0.29, 0.717) is 5.41 Å². The average molecular weight is 303 g/mol. The summed E-state index contributed by atoms with van der Waals surface area (Å²) in [6.45, 7) is 9.77. The van der Waals surface area contributed by atoms with Crippen molar-refractivity contribution in [3.8, 4) is 5.75 Å². The molecule has 0 bridgehead atoms. The largest absolute Gasteiger partial charge is 0.496 e. The van der Waals surface area contributed by atoms with E-state index in [1.54, 1.807) is 7.11 Å². The van der Waals surface area contributed by atoms with Crippen LogP contribution in [-0.4, -0.2) is 44.7 Å². The lowest BCUT2D eigenvalue weighted by atomic mass is 9.93. The molecule has 22 heavy (non-hydrogen) atoms. The maximum Gasteiger partial charge on any atom is 0.193 e. The molecule has 1 aromatic carbocycles. The molecule has 1 aliphatic heterocycles. The summed E-state index contributed by atoms with van der Waals surface area (Å²) in [5.41, 5.74) is 2.89. The molecular weight excluding hydrogens is 274 g/mol. The third-order valence-electron chi connectivity index (χ3n) is 4.30. The summed E-state index contributed by atoms with van der Waals surface area (Å²) in [5.74, 6) is 1.97. The van der Waals surface area contributed by atoms with Crippen molar-refractivity contribution in [3.63, 3.8) is 0 Å². The van der Waals surface area contributed by atoms with Crippen molar-refractivity contribution < 1.29 is 4.74 Å². The molecule has 0 spiro atoms. The quantitative estimate of drug-likeness (QED) is 0.686. The molecule has 0 saturated carbocycles. The predicted molar refractivity (Wildman–Crippen MR) is 92.8 cm³/mol. The van der Waals surface area contributed by atoms with E-state index in [2.05, 4.69) is 48.1 Å². The van der Waals surface area contributed by atoms with Crippen LogP contribution >= 0.6 is 0 Å². The van der Waals surface area contributed by atoms with Crippen LogP contribution in [-0.2, 0) is 6.42 Å². The number of likely N-dealkylation sites (tertiary alicyclic amines) is 1. The Morgan fingerprint density at radius 3 is 2.77 bits per heavy atom. The van der Waals surface area contributed by atoms with Crippen molar-refractivity contribution in [2.75, 3.05) is 33.8 Å². The van der Waals surface area contributed by atoms with E-state index in [4.69, 9.17) is 4.74 Å². The van der Waals surface area contributed by atoms with Gasteiger partial charge in [0.2, 0.25) is 0 Å². The summed E-state index contributed by atoms with van der Waals surface area (Å²) in [4.78, 5) is 6.78. The standard InChI is InChI=1S/C18H29N3O/c1-14-6-7-16(22-5)15(12-14)8-10-20-17(19-4)21-11-9-18(2,3)13-21/h6-7,12H,8-11,13H2,1-5H3,(H,19,20). The molecule has 1 aliphatic rings. The molecule has 1 aromatic rings. The monoisotopic (exact) mass is 303 g/mol. The molecule has 4 nitrogen and oxygen atoms in total. The predicted octanol–water partition coefficient (Wildman–Crippen LogP) is 2.85. The van der Waals surface area contributed by atoms with Gasteiger partial charge >= 0.3 is 0 Å². The lowest BCUT2D eigenvalue weighted by Gasteiger charge is -2.23. The van der Waals surface area contributed by atoms with Gasteiger partial charge in [-0.15, -0.1) is 0 Å². The fraction of sp³-hybridized carbons (Fsp3) is 0.611. The summed E-state index contributed by atoms with van der Waals surface area (Å²) in [5, 5.41) is 3.49. The Labute approximate surface area is 134 Å². The Bertz CT molecular complexity index is 537. The fourth-order valence-electron chi connectivity index (χ4n) is 3.04. The highest BCUT2D eigenvalue weighted by Gasteiger charge is 2.30. The van der Waals surface area contributed by atoms with Crippen LogP contribution in [0.25, 0.3) is 0 Å². The van der Waals surface area contributed by atoms with Gasteiger partial charge in [-0.1, -0.05) is 31.5 Å². The number of ether oxygens (including phenoxy) is 1. The normalized spacial score (nSPS) is 17.7. The van der Waals surface area contributed by atoms with Gasteiger partial charge in [-0.25, -0.2) is 0 Å². The molecule has 1 saturated heterocycles. The Morgan fingerprint density at radius 2 is 2.18 bits per heavy atom. The van der Waals surface area contributed by atoms with Gasteiger partial charge in [0.25, 0.3) is 0 Å². The van der Waals surface area contributed by atoms with Crippen LogP contribution in [0.5, 0.6) is 5.75 Å². The Hall–Kier alpha value is -1.71. The lowest BCUT2D eigenvalue weighted by molar-refractivity contribution is 0.370. The van der Waals surface area contributed by atoms with E-state index in [0.717, 1.165) is 37.8 Å². The van der Waals surface area contributed by atoms with Crippen molar-refractivity contribution >= 4 is 5.96 Å². The molecular formula is C18H29N3O. The second kappa shape index (κ2) is 7.03. The molecule has 1 fully saturated rings. The minimum atomic E-state index is 0.386. The van der Waals surface area contributed by atoms with Crippen molar-refractivity contribution in [1.82, 2.24) is 10.2 Å². The third kappa shape index (κ3) is 4.15. The minimum absolute atomic E-state index is 0.386. The summed E-state index contributed by atoms with van der Waals surface area (Å²) in [6.07, 6.45) is 2.15. The van der Waals surface area contributed by atoms with E-state index in [1.807, 2.05) is 13.1 Å². The molecule has 0 amide bonds. The van der Waals surface area contributed by atoms with Gasteiger partial charge in [-0.2, -0.15) is 0 Å². The second-order valence-electron chi connectivity index (χ2n) is 6.88. The molecule has 122 valence electrons. The van der Waals surface area contributed by atoms with Crippen LogP contribution in [0.1, 0.15) is 31.4 Å². The maximum atomic E-state index is 5.44. The summed E-state index contributed by atoms with van der Waals surface area (Å²) >= 11 is 0. The van der Waals surface area contributed by atoms with Crippen LogP contribution in [0, 0.1) is 12.3 Å². The van der Waals surface area contributed by atoms with Crippen LogP contribution in [0.2, 0.25) is 0 Å². The first-order valence-electron chi connectivity index (χ1n) is 8.04. The highest BCUT2D eigenvalue weighted by atomic mass is 16.5. The topological polar surface area (TPSA) is 36.9 Å². The second-order valence-corrected chi connectivity index (χ2v) is 6.88. The molecule has 1 N–H and O–H groups in total. The zero-order valence-electron chi connectivity index (χ0n) is 14.6. The number of nitrogens with zero attached hydrogens (tertiary/aromatic N) is 2. The summed E-state index contributed by atoms with van der Waals surface area (Å²) < 4.78 is 5.44. The van der Waals surface area contributed by atoms with Crippen LogP contribution in [0.3, 0.4) is 0 Å². The van der Waals surface area contributed by atoms with Crippen molar-refractivity contribution in [1.29, 1.82) is 0 Å². The van der Waals surface area contributed by atoms with E-state index >= 15 is 0 Å². The van der Waals surface area contributed by atoms with Crippen LogP contribution < -0.4 is 10.1 Å². The molecule has 4 heteroatoms. The Kier molecular flexibility index (Phi) is 5.33. The highest BCUT2D eigenvalue weighted by Crippen LogP contribution is 2.28. The highest BCUT2D eigenvalue weighted by molar-refractivity contribution is 5.80. The zero-order chi connectivity index (χ0) is 16.2. The Morgan fingerprint density at radius 1 is 1.41 bits per heavy atom. The third-order valence-corrected chi connectivity index (χ3v) is 4.30. The fourth-order valence-corrected chi connectivity index (χ4v) is 3.04. The molecule has 1 heterocycles. The number of guanidine groups is 1. The van der Waals surface area contributed by atoms with Gasteiger partial charge < -0.3 is 15.0 Å². The van der Waals surface area contributed by atoms with Gasteiger partial charge in [-0.05, 0) is 36.8 Å². The summed E-state index contributed by atoms with van der Waals surface area (Å²) in [7, 11) is 3.59. The minimum Gasteiger partial charge on any atom is -0.496 e. The van der Waals surface area contributed by atoms with Gasteiger partial charge in [0.05, 0.1) is 7.11 Å². The van der Waals surface area contributed by atoms with Gasteiger partial charge in [0.15, 0.2) is 5.96 Å². The SMILES string of the molecule is CN=C(NCCc1cc(C)ccc1OC)N1CCC(C)(C)C1. The zero-order valence-corrected chi connectivity index (χ0v) is 14.6. The van der Waals surface area contributed by atoms with Crippen molar-refractivity contribution in [2.45, 2.75) is 33.6 Å². The van der Waals surface area contributed by atoms with Gasteiger partial charge in [0, 0.05) is 26.7 Å². The first-order chi connectivity index (χ1) is 10.4. The number of rotatable bonds is 4. The van der Waals surface area contributed by atoms with E-state index in [-0.39, 0.29) is 0 Å². The van der Waals surface area contributed by atoms with Crippen molar-refractivity contribution in [2.24, 2.45) is 10.4 Å². The van der Waals surface area contributed by atoms with Crippen molar-refractivity contribution in [3.05, 3.63) is 29.3 Å². The molecule has 2 rings (SSSR count). The molecule has 0 unspecified atom stereocenters. The first kappa shape index (κ1) is 16.7. The molecule has 0 aromatic heterocycles. The smallest absolute Gasteiger partial charge is 0.193 e. The van der Waals surface area contributed by atoms with Crippen LogP contribution in [0.15, 0.2) is 23.2 Å². The number of hydrogen-bond acceptors (Lipinski definition) is 2. The maximum absolute atomic E-state index is 5.44. The van der Waals surface area contributed by atoms with E-state index in [9.17, 15) is 0 Å². The first-order valence-corrected chi connectivity index (χ1v) is 8.04. The number of aliphatic imine (C=N–C) groups is 1. The summed E-state index contributed by atoms with van der Waals surface area (Å²) in [6, 6.07) is 6.33. The van der Waals surface area contributed by atoms with Gasteiger partial charge in [-0.3, -0.25) is 4.99 Å². The number of hydrogen-bond donors (Lipinski definition) is 1. The lowest BCUT2D eigenvalue weighted by Crippen LogP contribution is -2.41. The van der Waals surface area contributed by atoms with Gasteiger partial charge in [0.1, 0.15) is 5.75 Å². The number of aryl methyl sites for hydroxylation is 1.